The molecular weight excluding hydrogens is 363 g/mol. The van der Waals surface area contributed by atoms with Crippen LogP contribution in [0.1, 0.15) is 28.4 Å². The van der Waals surface area contributed by atoms with Gasteiger partial charge in [-0.2, -0.15) is 18.3 Å². The number of aliphatic carboxylic acids is 1. The first-order valence-corrected chi connectivity index (χ1v) is 8.22. The van der Waals surface area contributed by atoms with Crippen LogP contribution in [0, 0.1) is 13.8 Å². The van der Waals surface area contributed by atoms with Gasteiger partial charge in [0.25, 0.3) is 0 Å². The fraction of sp³-hybridized carbons (Fsp3) is 0.389. The van der Waals surface area contributed by atoms with Gasteiger partial charge >= 0.3 is 12.1 Å². The highest BCUT2D eigenvalue weighted by molar-refractivity contribution is 5.81. The molecule has 1 heterocycles. The smallest absolute Gasteiger partial charge is 0.408 e. The molecule has 0 fully saturated rings. The lowest BCUT2D eigenvalue weighted by Crippen LogP contribution is -2.32. The summed E-state index contributed by atoms with van der Waals surface area (Å²) >= 11 is 0. The number of hydrogen-bond donors (Lipinski definition) is 2. The fourth-order valence-electron chi connectivity index (χ4n) is 2.79. The van der Waals surface area contributed by atoms with Crippen LogP contribution in [0.15, 0.2) is 30.3 Å². The van der Waals surface area contributed by atoms with Gasteiger partial charge in [-0.1, -0.05) is 30.3 Å². The number of nitrogens with zero attached hydrogens (tertiary/aromatic N) is 2. The molecule has 6 nitrogen and oxygen atoms in total. The molecule has 146 valence electrons. The summed E-state index contributed by atoms with van der Waals surface area (Å²) in [6.45, 7) is 1.66. The Morgan fingerprint density at radius 2 is 1.85 bits per heavy atom. The Balaban J connectivity index is 2.04. The van der Waals surface area contributed by atoms with Crippen molar-refractivity contribution in [3.05, 3.63) is 52.8 Å². The molecule has 1 aromatic carbocycles. The third-order valence-corrected chi connectivity index (χ3v) is 4.20. The molecule has 0 saturated carbocycles. The van der Waals surface area contributed by atoms with Gasteiger partial charge in [-0.3, -0.25) is 14.3 Å². The maximum Gasteiger partial charge on any atom is 0.408 e. The van der Waals surface area contributed by atoms with Gasteiger partial charge in [0.1, 0.15) is 6.54 Å². The van der Waals surface area contributed by atoms with E-state index in [1.54, 1.807) is 30.3 Å². The summed E-state index contributed by atoms with van der Waals surface area (Å²) in [6, 6.07) is 8.47. The summed E-state index contributed by atoms with van der Waals surface area (Å²) in [7, 11) is 0. The first-order chi connectivity index (χ1) is 12.6. The predicted octanol–water partition coefficient (Wildman–Crippen LogP) is 2.59. The molecule has 9 heteroatoms. The van der Waals surface area contributed by atoms with Crippen molar-refractivity contribution in [2.75, 3.05) is 6.54 Å². The van der Waals surface area contributed by atoms with Crippen LogP contribution in [0.4, 0.5) is 13.2 Å². The zero-order valence-corrected chi connectivity index (χ0v) is 14.9. The number of carboxylic acids is 1. The molecule has 1 aromatic heterocycles. The van der Waals surface area contributed by atoms with E-state index in [9.17, 15) is 27.9 Å². The van der Waals surface area contributed by atoms with Gasteiger partial charge in [-0.15, -0.1) is 0 Å². The quantitative estimate of drug-likeness (QED) is 0.770. The van der Waals surface area contributed by atoms with Crippen molar-refractivity contribution in [1.82, 2.24) is 15.1 Å². The van der Waals surface area contributed by atoms with E-state index in [0.29, 0.717) is 16.8 Å². The molecule has 27 heavy (non-hydrogen) atoms. The van der Waals surface area contributed by atoms with Crippen LogP contribution in [-0.2, 0) is 22.6 Å². The summed E-state index contributed by atoms with van der Waals surface area (Å²) in [6.07, 6.45) is -4.58. The van der Waals surface area contributed by atoms with E-state index < -0.39 is 30.5 Å². The summed E-state index contributed by atoms with van der Waals surface area (Å²) in [5.41, 5.74) is 1.56. The molecule has 0 aliphatic heterocycles. The van der Waals surface area contributed by atoms with Crippen LogP contribution in [0.25, 0.3) is 0 Å². The molecule has 0 aliphatic rings. The second-order valence-electron chi connectivity index (χ2n) is 6.20. The van der Waals surface area contributed by atoms with Crippen molar-refractivity contribution in [2.45, 2.75) is 38.9 Å². The maximum atomic E-state index is 12.6. The lowest BCUT2D eigenvalue weighted by molar-refractivity contribution is -0.143. The number of nitrogens with one attached hydrogen (secondary N) is 1. The number of hydrogen-bond acceptors (Lipinski definition) is 3. The highest BCUT2D eigenvalue weighted by Gasteiger charge is 2.30. The zero-order chi connectivity index (χ0) is 20.2. The van der Waals surface area contributed by atoms with Crippen molar-refractivity contribution in [2.24, 2.45) is 0 Å². The minimum absolute atomic E-state index is 0.118. The van der Waals surface area contributed by atoms with Gasteiger partial charge in [0.05, 0.1) is 18.0 Å². The summed E-state index contributed by atoms with van der Waals surface area (Å²) < 4.78 is 38.5. The Morgan fingerprint density at radius 1 is 1.22 bits per heavy atom. The van der Waals surface area contributed by atoms with E-state index in [4.69, 9.17) is 0 Å². The van der Waals surface area contributed by atoms with E-state index in [0.717, 1.165) is 4.68 Å². The van der Waals surface area contributed by atoms with Crippen LogP contribution in [0.2, 0.25) is 0 Å². The minimum atomic E-state index is -4.41. The van der Waals surface area contributed by atoms with Crippen LogP contribution in [0.5, 0.6) is 0 Å². The van der Waals surface area contributed by atoms with E-state index >= 15 is 0 Å². The van der Waals surface area contributed by atoms with Gasteiger partial charge < -0.3 is 10.4 Å². The first-order valence-electron chi connectivity index (χ1n) is 8.22. The average Bonchev–Trinajstić information content (AvgIpc) is 2.81. The van der Waals surface area contributed by atoms with Crippen molar-refractivity contribution >= 4 is 11.9 Å². The topological polar surface area (TPSA) is 84.2 Å². The number of carbonyl (C=O) groups excluding carboxylic acids is 1. The maximum absolute atomic E-state index is 12.6. The molecule has 2 aromatic rings. The highest BCUT2D eigenvalue weighted by atomic mass is 19.4. The van der Waals surface area contributed by atoms with Crippen molar-refractivity contribution < 1.29 is 27.9 Å². The summed E-state index contributed by atoms with van der Waals surface area (Å²) in [4.78, 5) is 23.7. The van der Waals surface area contributed by atoms with Crippen LogP contribution in [0.3, 0.4) is 0 Å². The fourth-order valence-corrected chi connectivity index (χ4v) is 2.79. The monoisotopic (exact) mass is 383 g/mol. The molecule has 0 aliphatic carbocycles. The molecule has 2 N–H and O–H groups in total. The third kappa shape index (κ3) is 5.57. The number of benzene rings is 1. The Morgan fingerprint density at radius 3 is 2.41 bits per heavy atom. The van der Waals surface area contributed by atoms with Gasteiger partial charge in [0, 0.05) is 17.8 Å². The van der Waals surface area contributed by atoms with E-state index in [2.05, 4.69) is 10.4 Å². The number of aryl methyl sites for hydroxylation is 1. The van der Waals surface area contributed by atoms with Gasteiger partial charge in [0.15, 0.2) is 0 Å². The highest BCUT2D eigenvalue weighted by Crippen LogP contribution is 2.21. The molecule has 1 atom stereocenters. The number of carbonyl (C=O) groups is 2. The van der Waals surface area contributed by atoms with Crippen molar-refractivity contribution in [3.8, 4) is 0 Å². The third-order valence-electron chi connectivity index (χ3n) is 4.20. The lowest BCUT2D eigenvalue weighted by Gasteiger charge is -2.14. The SMILES string of the molecule is Cc1nn(CC(F)(F)F)c(C)c1CC(=O)NCC(C(=O)O)c1ccccc1. The van der Waals surface area contributed by atoms with Crippen molar-refractivity contribution in [3.63, 3.8) is 0 Å². The number of carboxylic acid groups (broad SMARTS) is 1. The first kappa shape index (κ1) is 20.5. The zero-order valence-electron chi connectivity index (χ0n) is 14.9. The molecule has 1 unspecified atom stereocenters. The van der Waals surface area contributed by atoms with Crippen LogP contribution >= 0.6 is 0 Å². The predicted molar refractivity (Wildman–Crippen MR) is 91.3 cm³/mol. The van der Waals surface area contributed by atoms with Gasteiger partial charge in [-0.05, 0) is 19.4 Å². The number of amides is 1. The molecular formula is C18H20F3N3O3. The molecule has 0 radical (unpaired) electrons. The van der Waals surface area contributed by atoms with Gasteiger partial charge in [0.2, 0.25) is 5.91 Å². The Kier molecular flexibility index (Phi) is 6.24. The Labute approximate surface area is 154 Å². The largest absolute Gasteiger partial charge is 0.481 e. The standard InChI is InChI=1S/C18H20F3N3O3/c1-11-14(12(2)24(23-11)10-18(19,20)21)8-16(25)22-9-15(17(26)27)13-6-4-3-5-7-13/h3-7,15H,8-10H2,1-2H3,(H,22,25)(H,26,27). The van der Waals surface area contributed by atoms with Crippen LogP contribution in [-0.4, -0.2) is 39.5 Å². The Hall–Kier alpha value is -2.84. The molecule has 1 amide bonds. The minimum Gasteiger partial charge on any atom is -0.481 e. The normalized spacial score (nSPS) is 12.6. The van der Waals surface area contributed by atoms with E-state index in [1.807, 2.05) is 0 Å². The van der Waals surface area contributed by atoms with E-state index in [1.165, 1.54) is 13.8 Å². The molecule has 2 rings (SSSR count). The lowest BCUT2D eigenvalue weighted by atomic mass is 9.99. The number of rotatable bonds is 7. The van der Waals surface area contributed by atoms with Crippen molar-refractivity contribution in [1.29, 1.82) is 0 Å². The van der Waals surface area contributed by atoms with E-state index in [-0.39, 0.29) is 18.7 Å². The molecule has 0 saturated heterocycles. The second kappa shape index (κ2) is 8.24. The van der Waals surface area contributed by atoms with Gasteiger partial charge in [-0.25, -0.2) is 0 Å². The molecule has 0 spiro atoms. The second-order valence-corrected chi connectivity index (χ2v) is 6.20. The number of aromatic nitrogens is 2. The number of alkyl halides is 3. The molecule has 0 bridgehead atoms. The summed E-state index contributed by atoms with van der Waals surface area (Å²) in [5.74, 6) is -2.47. The Bertz CT molecular complexity index is 816. The van der Waals surface area contributed by atoms with Crippen LogP contribution < -0.4 is 5.32 Å². The average molecular weight is 383 g/mol. The number of halogens is 3. The summed E-state index contributed by atoms with van der Waals surface area (Å²) in [5, 5.41) is 15.7.